The molecule has 78 heavy (non-hydrogen) atoms. The first-order valence-electron chi connectivity index (χ1n) is 25.6. The van der Waals surface area contributed by atoms with Crippen molar-refractivity contribution in [3.8, 4) is 17.2 Å². The van der Waals surface area contributed by atoms with E-state index >= 15 is 0 Å². The normalized spacial score (nSPS) is 13.6. The van der Waals surface area contributed by atoms with Gasteiger partial charge in [-0.3, -0.25) is 0 Å². The van der Waals surface area contributed by atoms with Crippen LogP contribution in [-0.2, 0) is 0 Å². The molecule has 27 nitrogen and oxygen atoms in total. The van der Waals surface area contributed by atoms with E-state index in [9.17, 15) is 53.7 Å². The molecule has 16 amide bonds. The van der Waals surface area contributed by atoms with Crippen LogP contribution in [0, 0.1) is 11.8 Å². The van der Waals surface area contributed by atoms with Gasteiger partial charge in [0, 0.05) is 63.9 Å². The number of carbonyl (C=O) groups excluding carboxylic acids is 8. The summed E-state index contributed by atoms with van der Waals surface area (Å²) in [6, 6.07) is 9.23. The number of hydrogen-bond donors (Lipinski definition) is 19. The monoisotopic (exact) mass is 1090 g/mol. The predicted molar refractivity (Wildman–Crippen MR) is 292 cm³/mol. The van der Waals surface area contributed by atoms with Crippen LogP contribution in [-0.4, -0.2) is 140 Å². The van der Waals surface area contributed by atoms with Crippen molar-refractivity contribution in [2.75, 3.05) is 45.8 Å². The minimum atomic E-state index is -0.788. The fraction of sp³-hybridized carbons (Fsp3) is 0.490. The number of phenolic OH excluding ortho intramolecular Hbond substituents is 3. The average molecular weight is 1090 g/mol. The van der Waals surface area contributed by atoms with Crippen molar-refractivity contribution in [1.82, 2.24) is 79.8 Å². The molecule has 3 aromatic carbocycles. The molecule has 0 heterocycles. The number of primary amides is 1. The van der Waals surface area contributed by atoms with Crippen LogP contribution in [0.2, 0.25) is 0 Å². The van der Waals surface area contributed by atoms with Crippen LogP contribution >= 0.6 is 0 Å². The Morgan fingerprint density at radius 3 is 0.923 bits per heavy atom. The van der Waals surface area contributed by atoms with Crippen molar-refractivity contribution in [3.63, 3.8) is 0 Å². The zero-order chi connectivity index (χ0) is 57.9. The summed E-state index contributed by atoms with van der Waals surface area (Å²) >= 11 is 0. The molecular formula is C51H80N16O11. The predicted octanol–water partition coefficient (Wildman–Crippen LogP) is 2.32. The Hall–Kier alpha value is -8.78. The number of nitrogens with one attached hydrogen (secondary N) is 15. The van der Waals surface area contributed by atoms with Gasteiger partial charge in [0.1, 0.15) is 17.2 Å². The molecule has 0 saturated carbocycles. The van der Waals surface area contributed by atoms with E-state index in [1.165, 1.54) is 36.4 Å². The lowest BCUT2D eigenvalue weighted by Crippen LogP contribution is -2.54. The third kappa shape index (κ3) is 25.2. The van der Waals surface area contributed by atoms with Crippen molar-refractivity contribution in [3.05, 3.63) is 89.5 Å². The number of aromatic hydroxyl groups is 3. The Balaban J connectivity index is 1.45. The molecule has 0 aliphatic rings. The van der Waals surface area contributed by atoms with E-state index in [0.717, 1.165) is 0 Å². The molecule has 0 saturated heterocycles. The topological polar surface area (TPSA) is 404 Å². The highest BCUT2D eigenvalue weighted by molar-refractivity contribution is 5.79. The number of rotatable bonds is 27. The van der Waals surface area contributed by atoms with Gasteiger partial charge in [-0.1, -0.05) is 64.1 Å². The fourth-order valence-electron chi connectivity index (χ4n) is 7.24. The molecule has 0 radical (unpaired) electrons. The summed E-state index contributed by atoms with van der Waals surface area (Å²) in [5.74, 6) is -0.197. The molecule has 0 aromatic heterocycles. The molecule has 7 atom stereocenters. The summed E-state index contributed by atoms with van der Waals surface area (Å²) < 4.78 is 0. The lowest BCUT2D eigenvalue weighted by Gasteiger charge is -2.26. The van der Waals surface area contributed by atoms with Crippen molar-refractivity contribution in [2.45, 2.75) is 104 Å². The van der Waals surface area contributed by atoms with Crippen LogP contribution in [0.3, 0.4) is 0 Å². The van der Waals surface area contributed by atoms with E-state index in [1.54, 1.807) is 50.2 Å². The quantitative estimate of drug-likeness (QED) is 0.0525. The van der Waals surface area contributed by atoms with Gasteiger partial charge in [-0.15, -0.1) is 0 Å². The lowest BCUT2D eigenvalue weighted by molar-refractivity contribution is 0.222. The second kappa shape index (κ2) is 32.6. The second-order valence-corrected chi connectivity index (χ2v) is 19.6. The molecule has 27 heteroatoms. The van der Waals surface area contributed by atoms with Gasteiger partial charge in [-0.2, -0.15) is 0 Å². The van der Waals surface area contributed by atoms with E-state index in [1.807, 2.05) is 41.5 Å². The van der Waals surface area contributed by atoms with Gasteiger partial charge in [-0.25, -0.2) is 38.4 Å². The second-order valence-electron chi connectivity index (χ2n) is 19.6. The van der Waals surface area contributed by atoms with E-state index in [0.29, 0.717) is 16.7 Å². The molecule has 3 aromatic rings. The summed E-state index contributed by atoms with van der Waals surface area (Å²) in [5.41, 5.74) is 7.02. The molecule has 430 valence electrons. The zero-order valence-corrected chi connectivity index (χ0v) is 45.3. The van der Waals surface area contributed by atoms with E-state index in [2.05, 4.69) is 79.8 Å². The van der Waals surface area contributed by atoms with Crippen LogP contribution in [0.15, 0.2) is 72.8 Å². The third-order valence-corrected chi connectivity index (χ3v) is 11.7. The highest BCUT2D eigenvalue weighted by Gasteiger charge is 2.24. The van der Waals surface area contributed by atoms with Crippen LogP contribution in [0.4, 0.5) is 38.4 Å². The number of urea groups is 8. The SMILES string of the molecule is CC(C)NC(=O)N[C@H](CNC(=O)N[C@@H](C)CNC(=O)N[C@H](CNC(=O)N[C@H](CNC(=O)N[C@@H](C)CNC(=O)N[C@H](CNC(=O)N[C@H](CNC(N)=O)c1ccc(O)cc1)C(C)C)c1ccc(O)cc1)C(C)C)c1ccc(O)cc1. The van der Waals surface area contributed by atoms with Gasteiger partial charge in [0.15, 0.2) is 0 Å². The first-order chi connectivity index (χ1) is 36.9. The molecule has 0 aliphatic heterocycles. The highest BCUT2D eigenvalue weighted by Crippen LogP contribution is 2.19. The largest absolute Gasteiger partial charge is 0.508 e. The van der Waals surface area contributed by atoms with Crippen LogP contribution in [0.5, 0.6) is 17.2 Å². The standard InChI is InChI=1S/C51H80N16O11/c1-28(2)39(23-56-49(76)65-41(25-53-44(52)71)33-9-15-36(68)16-10-33)63-47(74)54-21-31(7)61-45(72)58-26-42(34-11-17-37(69)18-12-34)66-50(77)57-24-40(29(3)4)64-48(75)55-22-32(8)62-46(73)59-27-43(67-51(78)60-30(5)6)35-13-19-38(70)20-14-35/h9-20,28-32,39-43,68-70H,21-27H2,1-8H3,(H3,52,53,71)(H2,54,63,74)(H2,55,64,75)(H2,56,65,76)(H2,57,66,77)(H2,58,61,72)(H2,59,62,73)(H2,60,67,78)/t31-,32-,39+,40+,41+,42+,43+/m0/s1. The number of benzene rings is 3. The number of phenols is 3. The van der Waals surface area contributed by atoms with Gasteiger partial charge in [0.2, 0.25) is 0 Å². The Morgan fingerprint density at radius 2 is 0.615 bits per heavy atom. The van der Waals surface area contributed by atoms with Gasteiger partial charge in [-0.05, 0) is 92.6 Å². The summed E-state index contributed by atoms with van der Waals surface area (Å²) in [7, 11) is 0. The maximum Gasteiger partial charge on any atom is 0.315 e. The van der Waals surface area contributed by atoms with Crippen molar-refractivity contribution in [1.29, 1.82) is 0 Å². The number of hydrogen-bond acceptors (Lipinski definition) is 11. The minimum Gasteiger partial charge on any atom is -0.508 e. The molecule has 0 aliphatic carbocycles. The maximum absolute atomic E-state index is 13.3. The Kier molecular flexibility index (Phi) is 26.6. The van der Waals surface area contributed by atoms with Crippen LogP contribution in [0.1, 0.15) is 90.2 Å². The Morgan fingerprint density at radius 1 is 0.346 bits per heavy atom. The highest BCUT2D eigenvalue weighted by atomic mass is 16.3. The van der Waals surface area contributed by atoms with Crippen molar-refractivity contribution in [2.24, 2.45) is 17.6 Å². The van der Waals surface area contributed by atoms with Gasteiger partial charge >= 0.3 is 48.2 Å². The molecule has 0 unspecified atom stereocenters. The minimum absolute atomic E-state index is 0.0106. The third-order valence-electron chi connectivity index (χ3n) is 11.7. The van der Waals surface area contributed by atoms with E-state index in [-0.39, 0.29) is 80.9 Å². The fourth-order valence-corrected chi connectivity index (χ4v) is 7.24. The summed E-state index contributed by atoms with van der Waals surface area (Å²) in [6.45, 7) is 14.4. The number of nitrogens with two attached hydrogens (primary N) is 1. The first-order valence-corrected chi connectivity index (χ1v) is 25.6. The molecule has 3 rings (SSSR count). The Bertz CT molecular complexity index is 2400. The van der Waals surface area contributed by atoms with Crippen LogP contribution < -0.4 is 85.5 Å². The Labute approximate surface area is 454 Å². The maximum atomic E-state index is 13.3. The van der Waals surface area contributed by atoms with E-state index in [4.69, 9.17) is 5.73 Å². The summed E-state index contributed by atoms with van der Waals surface area (Å²) in [5, 5.41) is 70.3. The van der Waals surface area contributed by atoms with Crippen molar-refractivity contribution >= 4 is 48.2 Å². The number of carbonyl (C=O) groups is 8. The van der Waals surface area contributed by atoms with Crippen molar-refractivity contribution < 1.29 is 53.7 Å². The summed E-state index contributed by atoms with van der Waals surface area (Å²) in [4.78, 5) is 102. The average Bonchev–Trinajstić information content (AvgIpc) is 3.37. The van der Waals surface area contributed by atoms with Gasteiger partial charge < -0.3 is 101 Å². The smallest absolute Gasteiger partial charge is 0.315 e. The molecule has 0 fully saturated rings. The molecule has 0 spiro atoms. The summed E-state index contributed by atoms with van der Waals surface area (Å²) in [6.07, 6.45) is 0. The molecule has 20 N–H and O–H groups in total. The van der Waals surface area contributed by atoms with E-state index < -0.39 is 90.5 Å². The molecule has 0 bridgehead atoms. The lowest BCUT2D eigenvalue weighted by atomic mass is 10.0. The molecular weight excluding hydrogens is 1010 g/mol. The number of amides is 16. The zero-order valence-electron chi connectivity index (χ0n) is 45.3. The van der Waals surface area contributed by atoms with Gasteiger partial charge in [0.05, 0.1) is 30.2 Å². The van der Waals surface area contributed by atoms with Gasteiger partial charge in [0.25, 0.3) is 0 Å². The van der Waals surface area contributed by atoms with Crippen LogP contribution in [0.25, 0.3) is 0 Å². The first kappa shape index (κ1) is 63.5.